The van der Waals surface area contributed by atoms with Gasteiger partial charge in [0.15, 0.2) is 0 Å². The number of hydrogen-bond acceptors (Lipinski definition) is 2. The molecule has 1 aliphatic rings. The molecule has 1 aliphatic heterocycles. The second-order valence-corrected chi connectivity index (χ2v) is 4.29. The lowest BCUT2D eigenvalue weighted by Crippen LogP contribution is -2.36. The summed E-state index contributed by atoms with van der Waals surface area (Å²) < 4.78 is 0. The fourth-order valence-electron chi connectivity index (χ4n) is 1.84. The van der Waals surface area contributed by atoms with Crippen LogP contribution in [0.1, 0.15) is 33.1 Å². The Bertz CT molecular complexity index is 150. The summed E-state index contributed by atoms with van der Waals surface area (Å²) in [5.74, 6) is 1.14. The van der Waals surface area contributed by atoms with Gasteiger partial charge in [-0.15, -0.1) is 0 Å². The third kappa shape index (κ3) is 3.47. The molecule has 0 aliphatic carbocycles. The van der Waals surface area contributed by atoms with Crippen molar-refractivity contribution in [3.8, 4) is 0 Å². The molecule has 0 aromatic rings. The molecule has 2 nitrogen and oxygen atoms in total. The Morgan fingerprint density at radius 1 is 1.46 bits per heavy atom. The molecule has 0 radical (unpaired) electrons. The fourth-order valence-corrected chi connectivity index (χ4v) is 1.84. The van der Waals surface area contributed by atoms with Crippen LogP contribution in [0, 0.1) is 11.8 Å². The van der Waals surface area contributed by atoms with E-state index in [1.54, 1.807) is 0 Å². The van der Waals surface area contributed by atoms with Gasteiger partial charge in [0.1, 0.15) is 6.29 Å². The molecule has 1 fully saturated rings. The summed E-state index contributed by atoms with van der Waals surface area (Å²) in [5.41, 5.74) is 0. The maximum atomic E-state index is 10.5. The summed E-state index contributed by atoms with van der Waals surface area (Å²) in [6.45, 7) is 7.98. The second kappa shape index (κ2) is 5.38. The van der Waals surface area contributed by atoms with Crippen molar-refractivity contribution < 1.29 is 4.79 Å². The van der Waals surface area contributed by atoms with Crippen LogP contribution in [0.15, 0.2) is 0 Å². The predicted molar refractivity (Wildman–Crippen MR) is 54.7 cm³/mol. The van der Waals surface area contributed by atoms with Gasteiger partial charge in [0.25, 0.3) is 0 Å². The van der Waals surface area contributed by atoms with Crippen LogP contribution in [-0.4, -0.2) is 30.8 Å². The molecule has 2 heteroatoms. The van der Waals surface area contributed by atoms with Crippen molar-refractivity contribution in [2.45, 2.75) is 33.1 Å². The van der Waals surface area contributed by atoms with E-state index >= 15 is 0 Å². The first kappa shape index (κ1) is 10.7. The molecule has 1 rings (SSSR count). The molecule has 0 N–H and O–H groups in total. The normalized spacial score (nSPS) is 22.9. The smallest absolute Gasteiger partial charge is 0.123 e. The standard InChI is InChI=1S/C11H21NO/c1-3-10(2)8-12-6-4-11(9-13)5-7-12/h9-11H,3-8H2,1-2H3. The van der Waals surface area contributed by atoms with Gasteiger partial charge in [0.05, 0.1) is 0 Å². The van der Waals surface area contributed by atoms with Gasteiger partial charge in [-0.25, -0.2) is 0 Å². The zero-order chi connectivity index (χ0) is 9.68. The summed E-state index contributed by atoms with van der Waals surface area (Å²) in [6, 6.07) is 0. The number of carbonyl (C=O) groups excluding carboxylic acids is 1. The predicted octanol–water partition coefficient (Wildman–Crippen LogP) is 1.94. The van der Waals surface area contributed by atoms with Gasteiger partial charge in [-0.05, 0) is 31.8 Å². The van der Waals surface area contributed by atoms with Gasteiger partial charge in [-0.3, -0.25) is 0 Å². The minimum Gasteiger partial charge on any atom is -0.303 e. The van der Waals surface area contributed by atoms with Crippen LogP contribution in [0.5, 0.6) is 0 Å². The largest absolute Gasteiger partial charge is 0.303 e. The summed E-state index contributed by atoms with van der Waals surface area (Å²) in [5, 5.41) is 0. The number of nitrogens with zero attached hydrogens (tertiary/aromatic N) is 1. The van der Waals surface area contributed by atoms with Gasteiger partial charge in [0, 0.05) is 12.5 Å². The number of likely N-dealkylation sites (tertiary alicyclic amines) is 1. The van der Waals surface area contributed by atoms with E-state index in [4.69, 9.17) is 0 Å². The minimum atomic E-state index is 0.341. The lowest BCUT2D eigenvalue weighted by Gasteiger charge is -2.31. The van der Waals surface area contributed by atoms with Crippen molar-refractivity contribution in [3.63, 3.8) is 0 Å². The average molecular weight is 183 g/mol. The SMILES string of the molecule is CCC(C)CN1CCC(C=O)CC1. The molecule has 1 atom stereocenters. The van der Waals surface area contributed by atoms with E-state index in [1.807, 2.05) is 0 Å². The van der Waals surface area contributed by atoms with E-state index in [9.17, 15) is 4.79 Å². The Morgan fingerprint density at radius 2 is 2.08 bits per heavy atom. The molecular weight excluding hydrogens is 162 g/mol. The Balaban J connectivity index is 2.20. The molecule has 76 valence electrons. The Labute approximate surface area is 81.3 Å². The summed E-state index contributed by atoms with van der Waals surface area (Å²) >= 11 is 0. The number of aldehydes is 1. The Kier molecular flexibility index (Phi) is 4.43. The van der Waals surface area contributed by atoms with Gasteiger partial charge in [-0.2, -0.15) is 0 Å². The van der Waals surface area contributed by atoms with E-state index in [2.05, 4.69) is 18.7 Å². The first-order valence-electron chi connectivity index (χ1n) is 5.44. The highest BCUT2D eigenvalue weighted by Gasteiger charge is 2.18. The topological polar surface area (TPSA) is 20.3 Å². The van der Waals surface area contributed by atoms with E-state index in [0.717, 1.165) is 38.1 Å². The molecule has 13 heavy (non-hydrogen) atoms. The van der Waals surface area contributed by atoms with Crippen LogP contribution in [0.4, 0.5) is 0 Å². The molecule has 0 amide bonds. The maximum Gasteiger partial charge on any atom is 0.123 e. The van der Waals surface area contributed by atoms with Crippen molar-refractivity contribution in [3.05, 3.63) is 0 Å². The van der Waals surface area contributed by atoms with Crippen LogP contribution in [-0.2, 0) is 4.79 Å². The molecule has 0 aromatic heterocycles. The molecule has 1 heterocycles. The van der Waals surface area contributed by atoms with Crippen molar-refractivity contribution in [1.29, 1.82) is 0 Å². The quantitative estimate of drug-likeness (QED) is 0.621. The van der Waals surface area contributed by atoms with Gasteiger partial charge in [0.2, 0.25) is 0 Å². The highest BCUT2D eigenvalue weighted by molar-refractivity contribution is 5.53. The van der Waals surface area contributed by atoms with E-state index in [0.29, 0.717) is 5.92 Å². The van der Waals surface area contributed by atoms with Crippen molar-refractivity contribution in [2.24, 2.45) is 11.8 Å². The maximum absolute atomic E-state index is 10.5. The first-order chi connectivity index (χ1) is 6.26. The molecular formula is C11H21NO. The average Bonchev–Trinajstić information content (AvgIpc) is 2.19. The van der Waals surface area contributed by atoms with Gasteiger partial charge in [-0.1, -0.05) is 20.3 Å². The van der Waals surface area contributed by atoms with E-state index in [-0.39, 0.29) is 0 Å². The first-order valence-corrected chi connectivity index (χ1v) is 5.44. The van der Waals surface area contributed by atoms with Crippen LogP contribution < -0.4 is 0 Å². The second-order valence-electron chi connectivity index (χ2n) is 4.29. The van der Waals surface area contributed by atoms with Gasteiger partial charge < -0.3 is 9.69 Å². The lowest BCUT2D eigenvalue weighted by molar-refractivity contribution is -0.112. The Morgan fingerprint density at radius 3 is 2.54 bits per heavy atom. The molecule has 0 saturated carbocycles. The van der Waals surface area contributed by atoms with Crippen LogP contribution >= 0.6 is 0 Å². The third-order valence-electron chi connectivity index (χ3n) is 3.09. The van der Waals surface area contributed by atoms with Crippen molar-refractivity contribution >= 4 is 6.29 Å². The monoisotopic (exact) mass is 183 g/mol. The zero-order valence-electron chi connectivity index (χ0n) is 8.83. The van der Waals surface area contributed by atoms with Crippen molar-refractivity contribution in [1.82, 2.24) is 4.90 Å². The zero-order valence-corrected chi connectivity index (χ0v) is 8.83. The van der Waals surface area contributed by atoms with Crippen LogP contribution in [0.3, 0.4) is 0 Å². The van der Waals surface area contributed by atoms with Gasteiger partial charge >= 0.3 is 0 Å². The number of carbonyl (C=O) groups is 1. The highest BCUT2D eigenvalue weighted by Crippen LogP contribution is 2.16. The third-order valence-corrected chi connectivity index (χ3v) is 3.09. The number of rotatable bonds is 4. The van der Waals surface area contributed by atoms with Crippen molar-refractivity contribution in [2.75, 3.05) is 19.6 Å². The summed E-state index contributed by atoms with van der Waals surface area (Å²) in [6.07, 6.45) is 4.52. The summed E-state index contributed by atoms with van der Waals surface area (Å²) in [7, 11) is 0. The van der Waals surface area contributed by atoms with E-state index < -0.39 is 0 Å². The molecule has 0 bridgehead atoms. The fraction of sp³-hybridized carbons (Fsp3) is 0.909. The van der Waals surface area contributed by atoms with Crippen LogP contribution in [0.2, 0.25) is 0 Å². The molecule has 0 spiro atoms. The molecule has 1 saturated heterocycles. The highest BCUT2D eigenvalue weighted by atomic mass is 16.1. The summed E-state index contributed by atoms with van der Waals surface area (Å²) in [4.78, 5) is 13.0. The van der Waals surface area contributed by atoms with E-state index in [1.165, 1.54) is 13.0 Å². The minimum absolute atomic E-state index is 0.341. The molecule has 0 aromatic carbocycles. The number of piperidine rings is 1. The lowest BCUT2D eigenvalue weighted by atomic mass is 9.97. The Hall–Kier alpha value is -0.370. The number of hydrogen-bond donors (Lipinski definition) is 0. The van der Waals surface area contributed by atoms with Crippen LogP contribution in [0.25, 0.3) is 0 Å². The molecule has 1 unspecified atom stereocenters.